The van der Waals surface area contributed by atoms with Gasteiger partial charge >= 0.3 is 0 Å². The summed E-state index contributed by atoms with van der Waals surface area (Å²) in [5.41, 5.74) is 1.80. The number of ether oxygens (including phenoxy) is 1. The number of amides is 2. The van der Waals surface area contributed by atoms with Crippen molar-refractivity contribution in [3.05, 3.63) is 65.5 Å². The number of fused-ring (bicyclic) bond motifs is 1. The number of H-pyrrole nitrogens is 1. The van der Waals surface area contributed by atoms with Gasteiger partial charge in [-0.3, -0.25) is 14.7 Å². The Morgan fingerprint density at radius 2 is 2.04 bits per heavy atom. The first-order valence-corrected chi connectivity index (χ1v) is 8.44. The van der Waals surface area contributed by atoms with Crippen molar-refractivity contribution in [1.29, 1.82) is 0 Å². The lowest BCUT2D eigenvalue weighted by molar-refractivity contribution is -0.116. The molecule has 2 amide bonds. The first-order chi connectivity index (χ1) is 13.2. The number of aromatic nitrogens is 3. The summed E-state index contributed by atoms with van der Waals surface area (Å²) >= 11 is 0. The molecular weight excluding hydrogens is 346 g/mol. The molecule has 0 radical (unpaired) electrons. The van der Waals surface area contributed by atoms with E-state index in [0.717, 1.165) is 5.56 Å². The number of nitrogens with zero attached hydrogens (tertiary/aromatic N) is 2. The third-order valence-corrected chi connectivity index (χ3v) is 4.38. The Labute approximate surface area is 155 Å². The first-order valence-electron chi connectivity index (χ1n) is 8.44. The number of carbonyl (C=O) groups excluding carboxylic acids is 2. The Balaban J connectivity index is 1.65. The molecule has 0 fully saturated rings. The van der Waals surface area contributed by atoms with Gasteiger partial charge < -0.3 is 15.4 Å². The van der Waals surface area contributed by atoms with E-state index in [-0.39, 0.29) is 24.2 Å². The average molecular weight is 363 g/mol. The molecule has 0 unspecified atom stereocenters. The maximum absolute atomic E-state index is 12.1. The second-order valence-electron chi connectivity index (χ2n) is 6.09. The van der Waals surface area contributed by atoms with E-state index in [1.807, 2.05) is 36.4 Å². The molecule has 2 aromatic heterocycles. The third-order valence-electron chi connectivity index (χ3n) is 4.38. The summed E-state index contributed by atoms with van der Waals surface area (Å²) in [6.45, 7) is 0. The maximum Gasteiger partial charge on any atom is 0.269 e. The summed E-state index contributed by atoms with van der Waals surface area (Å²) in [4.78, 5) is 28.5. The molecule has 3 N–H and O–H groups in total. The van der Waals surface area contributed by atoms with Gasteiger partial charge in [0.25, 0.3) is 5.91 Å². The van der Waals surface area contributed by atoms with Gasteiger partial charge in [-0.25, -0.2) is 4.98 Å². The summed E-state index contributed by atoms with van der Waals surface area (Å²) in [6.07, 6.45) is 1.86. The van der Waals surface area contributed by atoms with Crippen molar-refractivity contribution < 1.29 is 14.3 Å². The second kappa shape index (κ2) is 6.91. The molecule has 4 rings (SSSR count). The van der Waals surface area contributed by atoms with Crippen molar-refractivity contribution in [2.75, 3.05) is 12.4 Å². The fraction of sp³-hybridized carbons (Fsp3) is 0.158. The van der Waals surface area contributed by atoms with E-state index in [1.54, 1.807) is 19.3 Å². The SMILES string of the molecule is CNC(=O)c1[nH]nc2c1[C@H](c1ccc(Oc3ccccc3)nc1)CC(=O)N2. The van der Waals surface area contributed by atoms with Crippen molar-refractivity contribution in [2.45, 2.75) is 12.3 Å². The van der Waals surface area contributed by atoms with Gasteiger partial charge in [0, 0.05) is 37.2 Å². The number of pyridine rings is 1. The molecule has 136 valence electrons. The number of hydrogen-bond acceptors (Lipinski definition) is 5. The monoisotopic (exact) mass is 363 g/mol. The van der Waals surface area contributed by atoms with Gasteiger partial charge in [-0.15, -0.1) is 0 Å². The molecule has 1 aromatic carbocycles. The summed E-state index contributed by atoms with van der Waals surface area (Å²) in [5, 5.41) is 12.0. The Hall–Kier alpha value is -3.68. The quantitative estimate of drug-likeness (QED) is 0.660. The van der Waals surface area contributed by atoms with Crippen LogP contribution in [0.4, 0.5) is 5.82 Å². The van der Waals surface area contributed by atoms with Crippen LogP contribution in [-0.4, -0.2) is 34.0 Å². The Morgan fingerprint density at radius 1 is 1.22 bits per heavy atom. The van der Waals surface area contributed by atoms with E-state index in [2.05, 4.69) is 25.8 Å². The van der Waals surface area contributed by atoms with Crippen molar-refractivity contribution in [3.63, 3.8) is 0 Å². The normalized spacial score (nSPS) is 15.6. The predicted octanol–water partition coefficient (Wildman–Crippen LogP) is 2.43. The van der Waals surface area contributed by atoms with Gasteiger partial charge in [0.05, 0.1) is 0 Å². The highest BCUT2D eigenvalue weighted by Gasteiger charge is 2.33. The van der Waals surface area contributed by atoms with Gasteiger partial charge in [-0.2, -0.15) is 5.10 Å². The summed E-state index contributed by atoms with van der Waals surface area (Å²) in [5.74, 6) is 0.740. The number of nitrogens with one attached hydrogen (secondary N) is 3. The molecule has 0 saturated heterocycles. The van der Waals surface area contributed by atoms with Crippen LogP contribution in [0.3, 0.4) is 0 Å². The van der Waals surface area contributed by atoms with E-state index < -0.39 is 0 Å². The first kappa shape index (κ1) is 16.8. The van der Waals surface area contributed by atoms with Crippen LogP contribution in [0, 0.1) is 0 Å². The van der Waals surface area contributed by atoms with Crippen LogP contribution in [0.5, 0.6) is 11.6 Å². The zero-order chi connectivity index (χ0) is 18.8. The molecule has 0 spiro atoms. The Bertz CT molecular complexity index is 982. The summed E-state index contributed by atoms with van der Waals surface area (Å²) in [7, 11) is 1.54. The summed E-state index contributed by atoms with van der Waals surface area (Å²) < 4.78 is 5.70. The molecule has 27 heavy (non-hydrogen) atoms. The number of para-hydroxylation sites is 1. The highest BCUT2D eigenvalue weighted by molar-refractivity contribution is 6.00. The molecule has 8 nitrogen and oxygen atoms in total. The second-order valence-corrected chi connectivity index (χ2v) is 6.09. The number of anilines is 1. The standard InChI is InChI=1S/C19H17N5O3/c1-20-19(26)17-16-13(9-14(25)22-18(16)24-23-17)11-7-8-15(21-10-11)27-12-5-3-2-4-6-12/h2-8,10,13H,9H2,1H3,(H,20,26)(H2,22,23,24,25)/t13-/m0/s1. The number of hydrogen-bond donors (Lipinski definition) is 3. The molecule has 0 bridgehead atoms. The van der Waals surface area contributed by atoms with E-state index in [0.29, 0.717) is 28.7 Å². The highest BCUT2D eigenvalue weighted by atomic mass is 16.5. The van der Waals surface area contributed by atoms with Crippen LogP contribution in [0.1, 0.15) is 34.0 Å². The molecule has 0 saturated carbocycles. The predicted molar refractivity (Wildman–Crippen MR) is 97.8 cm³/mol. The fourth-order valence-electron chi connectivity index (χ4n) is 3.11. The molecule has 1 aliphatic rings. The van der Waals surface area contributed by atoms with Gasteiger partial charge in [0.1, 0.15) is 11.4 Å². The van der Waals surface area contributed by atoms with E-state index in [9.17, 15) is 9.59 Å². The van der Waals surface area contributed by atoms with E-state index >= 15 is 0 Å². The van der Waals surface area contributed by atoms with Crippen molar-refractivity contribution in [1.82, 2.24) is 20.5 Å². The van der Waals surface area contributed by atoms with Crippen LogP contribution >= 0.6 is 0 Å². The number of carbonyl (C=O) groups is 2. The number of aromatic amines is 1. The van der Waals surface area contributed by atoms with Crippen LogP contribution in [0.2, 0.25) is 0 Å². The third kappa shape index (κ3) is 3.24. The molecule has 1 aliphatic heterocycles. The van der Waals surface area contributed by atoms with Gasteiger partial charge in [0.15, 0.2) is 5.82 Å². The Kier molecular flexibility index (Phi) is 4.29. The van der Waals surface area contributed by atoms with Gasteiger partial charge in [-0.05, 0) is 17.7 Å². The molecule has 8 heteroatoms. The average Bonchev–Trinajstić information content (AvgIpc) is 3.12. The Morgan fingerprint density at radius 3 is 2.74 bits per heavy atom. The lowest BCUT2D eigenvalue weighted by atomic mass is 9.86. The number of benzene rings is 1. The lowest BCUT2D eigenvalue weighted by Crippen LogP contribution is -2.26. The molecular formula is C19H17N5O3. The lowest BCUT2D eigenvalue weighted by Gasteiger charge is -2.23. The van der Waals surface area contributed by atoms with Crippen LogP contribution in [0.15, 0.2) is 48.7 Å². The van der Waals surface area contributed by atoms with Crippen LogP contribution < -0.4 is 15.4 Å². The number of rotatable bonds is 4. The molecule has 3 aromatic rings. The largest absolute Gasteiger partial charge is 0.439 e. The van der Waals surface area contributed by atoms with Gasteiger partial charge in [0.2, 0.25) is 11.8 Å². The van der Waals surface area contributed by atoms with Crippen LogP contribution in [0.25, 0.3) is 0 Å². The molecule has 0 aliphatic carbocycles. The zero-order valence-electron chi connectivity index (χ0n) is 14.5. The molecule has 3 heterocycles. The minimum absolute atomic E-state index is 0.160. The maximum atomic E-state index is 12.1. The minimum Gasteiger partial charge on any atom is -0.439 e. The topological polar surface area (TPSA) is 109 Å². The van der Waals surface area contributed by atoms with E-state index in [4.69, 9.17) is 4.74 Å². The van der Waals surface area contributed by atoms with Crippen molar-refractivity contribution in [3.8, 4) is 11.6 Å². The fourth-order valence-corrected chi connectivity index (χ4v) is 3.11. The van der Waals surface area contributed by atoms with Crippen molar-refractivity contribution in [2.24, 2.45) is 0 Å². The van der Waals surface area contributed by atoms with Gasteiger partial charge in [-0.1, -0.05) is 24.3 Å². The smallest absolute Gasteiger partial charge is 0.269 e. The summed E-state index contributed by atoms with van der Waals surface area (Å²) in [6, 6.07) is 12.9. The molecule has 1 atom stereocenters. The van der Waals surface area contributed by atoms with E-state index in [1.165, 1.54) is 0 Å². The minimum atomic E-state index is -0.321. The van der Waals surface area contributed by atoms with Crippen molar-refractivity contribution >= 4 is 17.6 Å². The van der Waals surface area contributed by atoms with Crippen LogP contribution in [-0.2, 0) is 4.79 Å². The highest BCUT2D eigenvalue weighted by Crippen LogP contribution is 2.38. The zero-order valence-corrected chi connectivity index (χ0v) is 14.5.